The van der Waals surface area contributed by atoms with Gasteiger partial charge in [0.05, 0.1) is 6.61 Å². The lowest BCUT2D eigenvalue weighted by Gasteiger charge is -1.95. The normalized spacial score (nSPS) is 11.3. The predicted molar refractivity (Wildman–Crippen MR) is 36.4 cm³/mol. The third-order valence-corrected chi connectivity index (χ3v) is 0.862. The first-order valence-corrected chi connectivity index (χ1v) is 3.10. The van der Waals surface area contributed by atoms with Gasteiger partial charge in [0.15, 0.2) is 0 Å². The van der Waals surface area contributed by atoms with Gasteiger partial charge in [-0.1, -0.05) is 0 Å². The summed E-state index contributed by atoms with van der Waals surface area (Å²) in [4.78, 5) is 10.5. The number of esters is 1. The Morgan fingerprint density at radius 3 is 2.70 bits per heavy atom. The minimum absolute atomic E-state index is 0.328. The van der Waals surface area contributed by atoms with Crippen molar-refractivity contribution in [1.29, 1.82) is 0 Å². The third-order valence-electron chi connectivity index (χ3n) is 0.862. The van der Waals surface area contributed by atoms with Crippen molar-refractivity contribution in [2.45, 2.75) is 13.8 Å². The molecule has 2 nitrogen and oxygen atoms in total. The summed E-state index contributed by atoms with van der Waals surface area (Å²) in [5, 5.41) is 0. The average molecular weight is 146 g/mol. The van der Waals surface area contributed by atoms with Crippen molar-refractivity contribution in [3.8, 4) is 0 Å². The Labute approximate surface area is 59.7 Å². The van der Waals surface area contributed by atoms with E-state index in [0.29, 0.717) is 12.2 Å². The zero-order valence-corrected chi connectivity index (χ0v) is 6.19. The van der Waals surface area contributed by atoms with Crippen molar-refractivity contribution in [2.24, 2.45) is 0 Å². The maximum atomic E-state index is 11.7. The molecule has 3 heteroatoms. The highest BCUT2D eigenvalue weighted by molar-refractivity contribution is 5.82. The number of allylic oxidation sites excluding steroid dienone is 1. The van der Waals surface area contributed by atoms with Gasteiger partial charge in [0.2, 0.25) is 0 Å². The van der Waals surface area contributed by atoms with Gasteiger partial charge < -0.3 is 4.74 Å². The number of hydrogen-bond donors (Lipinski definition) is 0. The minimum Gasteiger partial charge on any atom is -0.463 e. The van der Waals surface area contributed by atoms with E-state index < -0.39 is 12.6 Å². The highest BCUT2D eigenvalue weighted by atomic mass is 19.1. The van der Waals surface area contributed by atoms with Gasteiger partial charge in [-0.25, -0.2) is 9.18 Å². The first-order valence-electron chi connectivity index (χ1n) is 3.10. The molecule has 0 aliphatic rings. The van der Waals surface area contributed by atoms with E-state index in [1.807, 2.05) is 0 Å². The lowest BCUT2D eigenvalue weighted by atomic mass is 10.3. The van der Waals surface area contributed by atoms with Crippen molar-refractivity contribution in [2.75, 3.05) is 13.3 Å². The summed E-state index contributed by atoms with van der Waals surface area (Å²) in [5.74, 6) is -0.474. The Bertz CT molecular complexity index is 141. The fourth-order valence-electron chi connectivity index (χ4n) is 0.424. The minimum atomic E-state index is -0.598. The largest absolute Gasteiger partial charge is 0.463 e. The van der Waals surface area contributed by atoms with Crippen molar-refractivity contribution in [3.05, 3.63) is 11.6 Å². The molecular weight excluding hydrogens is 135 g/mol. The molecule has 0 bridgehead atoms. The molecule has 0 aliphatic heterocycles. The molecule has 0 radical (unpaired) electrons. The molecule has 0 spiro atoms. The molecule has 0 saturated heterocycles. The van der Waals surface area contributed by atoms with Crippen LogP contribution in [0.4, 0.5) is 4.39 Å². The van der Waals surface area contributed by atoms with E-state index in [1.165, 1.54) is 6.92 Å². The fraction of sp³-hybridized carbons (Fsp3) is 0.571. The van der Waals surface area contributed by atoms with E-state index in [4.69, 9.17) is 0 Å². The van der Waals surface area contributed by atoms with E-state index in [1.54, 1.807) is 6.92 Å². The molecule has 0 aliphatic carbocycles. The summed E-state index contributed by atoms with van der Waals surface area (Å²) >= 11 is 0. The average Bonchev–Trinajstić information content (AvgIpc) is 1.88. The molecule has 0 N–H and O–H groups in total. The van der Waals surface area contributed by atoms with Crippen LogP contribution in [-0.2, 0) is 9.53 Å². The van der Waals surface area contributed by atoms with Gasteiger partial charge in [-0.15, -0.1) is 0 Å². The number of hydrogen-bond acceptors (Lipinski definition) is 2. The van der Waals surface area contributed by atoms with Crippen LogP contribution in [0.2, 0.25) is 0 Å². The molecule has 0 atom stereocenters. The van der Waals surface area contributed by atoms with E-state index in [0.717, 1.165) is 6.08 Å². The number of ether oxygens (including phenoxy) is 1. The molecule has 0 unspecified atom stereocenters. The zero-order chi connectivity index (χ0) is 7.98. The van der Waals surface area contributed by atoms with E-state index in [9.17, 15) is 9.18 Å². The highest BCUT2D eigenvalue weighted by Crippen LogP contribution is 1.93. The van der Waals surface area contributed by atoms with Gasteiger partial charge >= 0.3 is 5.97 Å². The maximum absolute atomic E-state index is 11.7. The van der Waals surface area contributed by atoms with Crippen LogP contribution in [0.3, 0.4) is 0 Å². The van der Waals surface area contributed by atoms with Crippen LogP contribution in [0, 0.1) is 0 Å². The second-order valence-electron chi connectivity index (χ2n) is 1.88. The summed E-state index contributed by atoms with van der Waals surface area (Å²) in [7, 11) is 0. The van der Waals surface area contributed by atoms with Crippen molar-refractivity contribution in [3.63, 3.8) is 0 Å². The monoisotopic (exact) mass is 146 g/mol. The van der Waals surface area contributed by atoms with Gasteiger partial charge in [-0.2, -0.15) is 0 Å². The van der Waals surface area contributed by atoms with Crippen LogP contribution in [0.25, 0.3) is 0 Å². The topological polar surface area (TPSA) is 26.3 Å². The summed E-state index contributed by atoms with van der Waals surface area (Å²) in [6, 6.07) is 0. The Hall–Kier alpha value is -0.860. The van der Waals surface area contributed by atoms with Crippen LogP contribution in [0.15, 0.2) is 11.6 Å². The Morgan fingerprint density at radius 2 is 2.30 bits per heavy atom. The Kier molecular flexibility index (Phi) is 4.54. The number of carbonyl (C=O) groups is 1. The number of carbonyl (C=O) groups excluding carboxylic acids is 1. The quantitative estimate of drug-likeness (QED) is 0.445. The zero-order valence-electron chi connectivity index (χ0n) is 6.19. The maximum Gasteiger partial charge on any atom is 0.330 e. The van der Waals surface area contributed by atoms with Crippen LogP contribution in [0.1, 0.15) is 13.8 Å². The molecule has 0 fully saturated rings. The van der Waals surface area contributed by atoms with Crippen LogP contribution in [-0.4, -0.2) is 19.3 Å². The molecule has 0 aromatic carbocycles. The SMILES string of the molecule is CCOC(=O)/C=C(\C)CF. The van der Waals surface area contributed by atoms with Crippen molar-refractivity contribution in [1.82, 2.24) is 0 Å². The number of rotatable bonds is 3. The lowest BCUT2D eigenvalue weighted by Crippen LogP contribution is -2.00. The van der Waals surface area contributed by atoms with Crippen LogP contribution in [0.5, 0.6) is 0 Å². The standard InChI is InChI=1S/C7H11FO2/c1-3-10-7(9)4-6(2)5-8/h4H,3,5H2,1-2H3/b6-4+. The summed E-state index contributed by atoms with van der Waals surface area (Å²) < 4.78 is 16.2. The molecule has 0 aromatic heterocycles. The van der Waals surface area contributed by atoms with Crippen molar-refractivity contribution >= 4 is 5.97 Å². The van der Waals surface area contributed by atoms with Gasteiger partial charge in [0, 0.05) is 6.08 Å². The molecule has 0 heterocycles. The summed E-state index contributed by atoms with van der Waals surface area (Å²) in [6.07, 6.45) is 1.16. The molecule has 10 heavy (non-hydrogen) atoms. The second-order valence-corrected chi connectivity index (χ2v) is 1.88. The molecular formula is C7H11FO2. The second kappa shape index (κ2) is 4.97. The van der Waals surface area contributed by atoms with Gasteiger partial charge in [0.1, 0.15) is 6.67 Å². The molecule has 0 aromatic rings. The Morgan fingerprint density at radius 1 is 1.70 bits per heavy atom. The fourth-order valence-corrected chi connectivity index (χ4v) is 0.424. The van der Waals surface area contributed by atoms with E-state index in [-0.39, 0.29) is 0 Å². The lowest BCUT2D eigenvalue weighted by molar-refractivity contribution is -0.137. The first-order chi connectivity index (χ1) is 4.70. The predicted octanol–water partition coefficient (Wildman–Crippen LogP) is 1.47. The number of alkyl halides is 1. The summed E-state index contributed by atoms with van der Waals surface area (Å²) in [5.41, 5.74) is 0.387. The molecule has 0 amide bonds. The smallest absolute Gasteiger partial charge is 0.330 e. The van der Waals surface area contributed by atoms with Gasteiger partial charge in [0.25, 0.3) is 0 Å². The van der Waals surface area contributed by atoms with E-state index in [2.05, 4.69) is 4.74 Å². The van der Waals surface area contributed by atoms with Crippen LogP contribution < -0.4 is 0 Å². The van der Waals surface area contributed by atoms with Gasteiger partial charge in [-0.05, 0) is 19.4 Å². The third kappa shape index (κ3) is 4.06. The molecule has 0 saturated carbocycles. The highest BCUT2D eigenvalue weighted by Gasteiger charge is 1.95. The van der Waals surface area contributed by atoms with Crippen molar-refractivity contribution < 1.29 is 13.9 Å². The van der Waals surface area contributed by atoms with E-state index >= 15 is 0 Å². The first kappa shape index (κ1) is 9.14. The number of halogens is 1. The molecule has 0 rings (SSSR count). The molecule has 58 valence electrons. The van der Waals surface area contributed by atoms with Crippen LogP contribution >= 0.6 is 0 Å². The summed E-state index contributed by atoms with van der Waals surface area (Å²) in [6.45, 7) is 2.97. The van der Waals surface area contributed by atoms with Gasteiger partial charge in [-0.3, -0.25) is 0 Å². The Balaban J connectivity index is 3.75.